The van der Waals surface area contributed by atoms with E-state index in [1.807, 2.05) is 13.0 Å². The monoisotopic (exact) mass is 335 g/mol. The smallest absolute Gasteiger partial charge is 0.248 e. The van der Waals surface area contributed by atoms with Crippen molar-refractivity contribution in [2.75, 3.05) is 26.2 Å². The topological polar surface area (TPSA) is 68.0 Å². The second-order valence-electron chi connectivity index (χ2n) is 7.16. The molecular weight excluding hydrogens is 310 g/mol. The van der Waals surface area contributed by atoms with Crippen LogP contribution < -0.4 is 0 Å². The summed E-state index contributed by atoms with van der Waals surface area (Å²) in [7, 11) is 0. The number of hydrogen-bond donors (Lipinski definition) is 0. The predicted molar refractivity (Wildman–Crippen MR) is 84.8 cm³/mol. The van der Waals surface area contributed by atoms with E-state index in [0.717, 1.165) is 50.4 Å². The Morgan fingerprint density at radius 2 is 2.29 bits per heavy atom. The lowest BCUT2D eigenvalue weighted by atomic mass is 10.0. The van der Waals surface area contributed by atoms with Crippen molar-refractivity contribution in [1.82, 2.24) is 15.1 Å². The highest BCUT2D eigenvalue weighted by atomic mass is 16.7. The number of aryl methyl sites for hydroxylation is 1. The zero-order chi connectivity index (χ0) is 16.5. The minimum absolute atomic E-state index is 0.0365. The van der Waals surface area contributed by atoms with Gasteiger partial charge in [-0.15, -0.1) is 0 Å². The average Bonchev–Trinajstić information content (AvgIpc) is 3.23. The fraction of sp³-hybridized carbons (Fsp3) is 0.765. The molecule has 0 radical (unpaired) electrons. The minimum Gasteiger partial charge on any atom is -0.373 e. The van der Waals surface area contributed by atoms with Gasteiger partial charge in [0.1, 0.15) is 5.76 Å². The van der Waals surface area contributed by atoms with Crippen LogP contribution in [-0.2, 0) is 20.9 Å². The lowest BCUT2D eigenvalue weighted by Gasteiger charge is -2.27. The number of hydrogen-bond acceptors (Lipinski definition) is 6. The number of rotatable bonds is 4. The molecule has 7 nitrogen and oxygen atoms in total. The Kier molecular flexibility index (Phi) is 4.56. The summed E-state index contributed by atoms with van der Waals surface area (Å²) in [6.45, 7) is 5.98. The number of carbonyl (C=O) groups excluding carboxylic acids is 1. The Balaban J connectivity index is 1.24. The first-order chi connectivity index (χ1) is 11.7. The van der Waals surface area contributed by atoms with Crippen molar-refractivity contribution in [2.24, 2.45) is 5.92 Å². The fourth-order valence-corrected chi connectivity index (χ4v) is 4.02. The van der Waals surface area contributed by atoms with E-state index in [1.165, 1.54) is 5.06 Å². The van der Waals surface area contributed by atoms with Crippen molar-refractivity contribution in [3.8, 4) is 0 Å². The van der Waals surface area contributed by atoms with Crippen molar-refractivity contribution >= 4 is 5.91 Å². The number of fused-ring (bicyclic) bond motifs is 1. The van der Waals surface area contributed by atoms with E-state index in [1.54, 1.807) is 0 Å². The lowest BCUT2D eigenvalue weighted by Crippen LogP contribution is -2.37. The van der Waals surface area contributed by atoms with Gasteiger partial charge < -0.3 is 9.26 Å². The molecule has 3 atom stereocenters. The molecule has 24 heavy (non-hydrogen) atoms. The first-order valence-electron chi connectivity index (χ1n) is 8.90. The fourth-order valence-electron chi connectivity index (χ4n) is 4.02. The molecule has 4 heterocycles. The molecule has 0 aromatic carbocycles. The average molecular weight is 335 g/mol. The highest BCUT2D eigenvalue weighted by Crippen LogP contribution is 2.35. The van der Waals surface area contributed by atoms with Gasteiger partial charge in [0, 0.05) is 38.2 Å². The van der Waals surface area contributed by atoms with Crippen LogP contribution in [-0.4, -0.2) is 59.5 Å². The zero-order valence-electron chi connectivity index (χ0n) is 14.1. The summed E-state index contributed by atoms with van der Waals surface area (Å²) >= 11 is 0. The maximum Gasteiger partial charge on any atom is 0.248 e. The number of hydroxylamine groups is 2. The summed E-state index contributed by atoms with van der Waals surface area (Å²) in [6.07, 6.45) is 3.73. The Morgan fingerprint density at radius 3 is 3.00 bits per heavy atom. The Bertz CT molecular complexity index is 570. The molecule has 4 rings (SSSR count). The molecule has 0 saturated carbocycles. The first kappa shape index (κ1) is 16.1. The molecule has 0 spiro atoms. The Labute approximate surface area is 141 Å². The number of carbonyl (C=O) groups is 1. The summed E-state index contributed by atoms with van der Waals surface area (Å²) in [5, 5.41) is 5.59. The molecule has 0 bridgehead atoms. The summed E-state index contributed by atoms with van der Waals surface area (Å²) in [5.41, 5.74) is 0.974. The molecule has 1 amide bonds. The van der Waals surface area contributed by atoms with E-state index in [0.29, 0.717) is 25.5 Å². The van der Waals surface area contributed by atoms with Crippen LogP contribution in [0.25, 0.3) is 0 Å². The van der Waals surface area contributed by atoms with Crippen molar-refractivity contribution in [3.63, 3.8) is 0 Å². The van der Waals surface area contributed by atoms with E-state index in [2.05, 4.69) is 10.1 Å². The molecule has 1 aromatic rings. The number of nitrogens with zero attached hydrogens (tertiary/aromatic N) is 3. The van der Waals surface area contributed by atoms with Gasteiger partial charge in [-0.3, -0.25) is 14.5 Å². The molecule has 1 aromatic heterocycles. The molecule has 3 aliphatic heterocycles. The van der Waals surface area contributed by atoms with Gasteiger partial charge >= 0.3 is 0 Å². The van der Waals surface area contributed by atoms with Gasteiger partial charge in [-0.2, -0.15) is 0 Å². The molecule has 0 aliphatic carbocycles. The van der Waals surface area contributed by atoms with Gasteiger partial charge in [0.15, 0.2) is 0 Å². The second kappa shape index (κ2) is 6.82. The number of likely N-dealkylation sites (tertiary alicyclic amines) is 1. The molecule has 0 unspecified atom stereocenters. The van der Waals surface area contributed by atoms with Crippen molar-refractivity contribution in [3.05, 3.63) is 17.5 Å². The molecule has 7 heteroatoms. The van der Waals surface area contributed by atoms with E-state index >= 15 is 0 Å². The standard InChI is InChI=1S/C17H25N3O4/c1-12-6-14(18-24-12)10-19-9-13-7-15(23-16(13)11-19)8-17(21)20-4-2-3-5-22-20/h6,13,15-16H,2-5,7-11H2,1H3/t13-,15-,16+/m0/s1. The number of aromatic nitrogens is 1. The molecule has 3 aliphatic rings. The maximum absolute atomic E-state index is 12.3. The quantitative estimate of drug-likeness (QED) is 0.831. The molecule has 3 fully saturated rings. The van der Waals surface area contributed by atoms with E-state index in [-0.39, 0.29) is 18.1 Å². The lowest BCUT2D eigenvalue weighted by molar-refractivity contribution is -0.199. The number of ether oxygens (including phenoxy) is 1. The predicted octanol–water partition coefficient (Wildman–Crippen LogP) is 1.52. The molecule has 132 valence electrons. The normalized spacial score (nSPS) is 30.7. The van der Waals surface area contributed by atoms with E-state index < -0.39 is 0 Å². The van der Waals surface area contributed by atoms with Crippen LogP contribution in [0.3, 0.4) is 0 Å². The summed E-state index contributed by atoms with van der Waals surface area (Å²) < 4.78 is 11.3. The van der Waals surface area contributed by atoms with Crippen LogP contribution in [0, 0.1) is 12.8 Å². The number of amides is 1. The summed E-state index contributed by atoms with van der Waals surface area (Å²) in [6, 6.07) is 1.98. The van der Waals surface area contributed by atoms with Crippen LogP contribution in [0.4, 0.5) is 0 Å². The Hall–Kier alpha value is -1.44. The second-order valence-corrected chi connectivity index (χ2v) is 7.16. The largest absolute Gasteiger partial charge is 0.373 e. The van der Waals surface area contributed by atoms with Gasteiger partial charge in [0.25, 0.3) is 0 Å². The third-order valence-corrected chi connectivity index (χ3v) is 5.14. The highest BCUT2D eigenvalue weighted by molar-refractivity contribution is 5.75. The molecular formula is C17H25N3O4. The van der Waals surface area contributed by atoms with E-state index in [4.69, 9.17) is 14.1 Å². The third-order valence-electron chi connectivity index (χ3n) is 5.14. The third kappa shape index (κ3) is 3.48. The SMILES string of the molecule is Cc1cc(CN2C[C@@H]3C[C@@H](CC(=O)N4CCCCO4)O[C@@H]3C2)no1. The van der Waals surface area contributed by atoms with Gasteiger partial charge in [0.2, 0.25) is 5.91 Å². The van der Waals surface area contributed by atoms with Crippen LogP contribution in [0.1, 0.15) is 37.1 Å². The minimum atomic E-state index is 0.0365. The van der Waals surface area contributed by atoms with Gasteiger partial charge in [-0.1, -0.05) is 5.16 Å². The summed E-state index contributed by atoms with van der Waals surface area (Å²) in [5.74, 6) is 1.42. The van der Waals surface area contributed by atoms with Gasteiger partial charge in [-0.25, -0.2) is 5.06 Å². The molecule has 0 N–H and O–H groups in total. The van der Waals surface area contributed by atoms with Crippen LogP contribution in [0.5, 0.6) is 0 Å². The van der Waals surface area contributed by atoms with Crippen LogP contribution in [0.2, 0.25) is 0 Å². The van der Waals surface area contributed by atoms with Gasteiger partial charge in [0.05, 0.1) is 30.9 Å². The zero-order valence-corrected chi connectivity index (χ0v) is 14.1. The van der Waals surface area contributed by atoms with Crippen molar-refractivity contribution in [2.45, 2.75) is 51.4 Å². The van der Waals surface area contributed by atoms with E-state index in [9.17, 15) is 4.79 Å². The highest BCUT2D eigenvalue weighted by Gasteiger charge is 2.42. The first-order valence-corrected chi connectivity index (χ1v) is 8.90. The van der Waals surface area contributed by atoms with Crippen LogP contribution in [0.15, 0.2) is 10.6 Å². The van der Waals surface area contributed by atoms with Crippen molar-refractivity contribution < 1.29 is 18.9 Å². The van der Waals surface area contributed by atoms with Crippen LogP contribution >= 0.6 is 0 Å². The maximum atomic E-state index is 12.3. The Morgan fingerprint density at radius 1 is 1.38 bits per heavy atom. The summed E-state index contributed by atoms with van der Waals surface area (Å²) in [4.78, 5) is 20.1. The van der Waals surface area contributed by atoms with Crippen molar-refractivity contribution in [1.29, 1.82) is 0 Å². The van der Waals surface area contributed by atoms with Gasteiger partial charge in [-0.05, 0) is 26.2 Å². The molecule has 3 saturated heterocycles.